The van der Waals surface area contributed by atoms with Gasteiger partial charge in [0, 0.05) is 23.1 Å². The molecule has 6 heteroatoms. The predicted molar refractivity (Wildman–Crippen MR) is 89.9 cm³/mol. The van der Waals surface area contributed by atoms with E-state index in [1.165, 1.54) is 0 Å². The minimum absolute atomic E-state index is 0.00897. The average Bonchev–Trinajstić information content (AvgIpc) is 2.88. The Bertz CT molecular complexity index is 560. The van der Waals surface area contributed by atoms with Crippen LogP contribution in [0.2, 0.25) is 0 Å². The summed E-state index contributed by atoms with van der Waals surface area (Å²) in [5.74, 6) is 1.64. The van der Waals surface area contributed by atoms with Crippen molar-refractivity contribution < 1.29 is 9.21 Å². The highest BCUT2D eigenvalue weighted by atomic mass is 32.2. The van der Waals surface area contributed by atoms with E-state index in [1.807, 2.05) is 20.1 Å². The van der Waals surface area contributed by atoms with Gasteiger partial charge in [-0.1, -0.05) is 20.8 Å². The Kier molecular flexibility index (Phi) is 4.64. The zero-order chi connectivity index (χ0) is 16.7. The van der Waals surface area contributed by atoms with Crippen LogP contribution in [0.25, 0.3) is 0 Å². The number of carbonyl (C=O) groups excluding carboxylic acids is 1. The molecule has 0 aliphatic carbocycles. The second kappa shape index (κ2) is 5.89. The number of nitrogens with zero attached hydrogens (tertiary/aromatic N) is 2. The molecule has 1 aromatic rings. The standard InChI is InChI=1S/C16H27N3O2S/c1-15(2,3)14-18-10-9-19(8-7-11(10)21-14)13(20)12(17)16(4,5)22-6/h12H,7-9,17H2,1-6H3/t12-/m1/s1. The topological polar surface area (TPSA) is 72.4 Å². The van der Waals surface area contributed by atoms with Crippen LogP contribution in [0.5, 0.6) is 0 Å². The molecule has 0 radical (unpaired) electrons. The van der Waals surface area contributed by atoms with Crippen LogP contribution in [0.15, 0.2) is 4.42 Å². The van der Waals surface area contributed by atoms with Gasteiger partial charge >= 0.3 is 0 Å². The molecule has 2 N–H and O–H groups in total. The SMILES string of the molecule is CSC(C)(C)[C@H](N)C(=O)N1CCc2oc(C(C)(C)C)nc2C1. The number of amides is 1. The zero-order valence-electron chi connectivity index (χ0n) is 14.4. The van der Waals surface area contributed by atoms with Crippen molar-refractivity contribution in [3.05, 3.63) is 17.3 Å². The first-order valence-electron chi connectivity index (χ1n) is 7.65. The lowest BCUT2D eigenvalue weighted by molar-refractivity contribution is -0.134. The van der Waals surface area contributed by atoms with Gasteiger partial charge in [-0.15, -0.1) is 0 Å². The third-order valence-electron chi connectivity index (χ3n) is 4.22. The molecule has 2 rings (SSSR count). The maximum Gasteiger partial charge on any atom is 0.241 e. The highest BCUT2D eigenvalue weighted by molar-refractivity contribution is 8.00. The summed E-state index contributed by atoms with van der Waals surface area (Å²) in [7, 11) is 0. The molecule has 0 saturated heterocycles. The Morgan fingerprint density at radius 3 is 2.55 bits per heavy atom. The smallest absolute Gasteiger partial charge is 0.241 e. The number of carbonyl (C=O) groups is 1. The molecule has 0 bridgehead atoms. The highest BCUT2D eigenvalue weighted by Crippen LogP contribution is 2.29. The fourth-order valence-corrected chi connectivity index (χ4v) is 2.68. The van der Waals surface area contributed by atoms with Crippen molar-refractivity contribution in [1.29, 1.82) is 0 Å². The summed E-state index contributed by atoms with van der Waals surface area (Å²) in [4.78, 5) is 19.0. The summed E-state index contributed by atoms with van der Waals surface area (Å²) >= 11 is 1.61. The van der Waals surface area contributed by atoms with Crippen molar-refractivity contribution in [3.8, 4) is 0 Å². The van der Waals surface area contributed by atoms with E-state index < -0.39 is 6.04 Å². The molecule has 1 amide bonds. The lowest BCUT2D eigenvalue weighted by atomic mass is 9.97. The van der Waals surface area contributed by atoms with Gasteiger partial charge in [0.05, 0.1) is 12.6 Å². The number of hydrogen-bond acceptors (Lipinski definition) is 5. The first-order chi connectivity index (χ1) is 10.1. The van der Waals surface area contributed by atoms with Gasteiger partial charge in [0.25, 0.3) is 0 Å². The second-order valence-corrected chi connectivity index (χ2v) is 8.89. The van der Waals surface area contributed by atoms with Crippen LogP contribution in [-0.4, -0.2) is 39.4 Å². The average molecular weight is 325 g/mol. The molecule has 5 nitrogen and oxygen atoms in total. The van der Waals surface area contributed by atoms with Crippen LogP contribution in [0, 0.1) is 0 Å². The van der Waals surface area contributed by atoms with Gasteiger partial charge in [0.15, 0.2) is 5.89 Å². The van der Waals surface area contributed by atoms with E-state index in [0.717, 1.165) is 17.3 Å². The maximum atomic E-state index is 12.6. The number of fused-ring (bicyclic) bond motifs is 1. The lowest BCUT2D eigenvalue weighted by Crippen LogP contribution is -2.54. The van der Waals surface area contributed by atoms with Crippen molar-refractivity contribution in [1.82, 2.24) is 9.88 Å². The molecule has 1 aliphatic heterocycles. The van der Waals surface area contributed by atoms with Gasteiger partial charge in [-0.2, -0.15) is 11.8 Å². The monoisotopic (exact) mass is 325 g/mol. The normalized spacial score (nSPS) is 17.3. The quantitative estimate of drug-likeness (QED) is 0.923. The summed E-state index contributed by atoms with van der Waals surface area (Å²) in [5.41, 5.74) is 6.93. The molecule has 1 aromatic heterocycles. The van der Waals surface area contributed by atoms with E-state index in [1.54, 1.807) is 16.7 Å². The minimum atomic E-state index is -0.516. The van der Waals surface area contributed by atoms with Gasteiger partial charge < -0.3 is 15.1 Å². The van der Waals surface area contributed by atoms with E-state index in [2.05, 4.69) is 25.8 Å². The Balaban J connectivity index is 2.15. The van der Waals surface area contributed by atoms with Crippen molar-refractivity contribution >= 4 is 17.7 Å². The van der Waals surface area contributed by atoms with Crippen molar-refractivity contribution in [2.75, 3.05) is 12.8 Å². The second-order valence-electron chi connectivity index (χ2n) is 7.43. The van der Waals surface area contributed by atoms with Crippen LogP contribution in [-0.2, 0) is 23.2 Å². The largest absolute Gasteiger partial charge is 0.445 e. The zero-order valence-corrected chi connectivity index (χ0v) is 15.2. The Morgan fingerprint density at radius 1 is 1.36 bits per heavy atom. The van der Waals surface area contributed by atoms with Crippen LogP contribution >= 0.6 is 11.8 Å². The summed E-state index contributed by atoms with van der Waals surface area (Å²) < 4.78 is 5.58. The molecule has 0 saturated carbocycles. The van der Waals surface area contributed by atoms with E-state index >= 15 is 0 Å². The molecular weight excluding hydrogens is 298 g/mol. The summed E-state index contributed by atoms with van der Waals surface area (Å²) in [5, 5.41) is 0. The van der Waals surface area contributed by atoms with Crippen molar-refractivity contribution in [2.24, 2.45) is 5.73 Å². The minimum Gasteiger partial charge on any atom is -0.445 e. The van der Waals surface area contributed by atoms with Gasteiger partial charge in [-0.3, -0.25) is 4.79 Å². The van der Waals surface area contributed by atoms with Gasteiger partial charge in [-0.25, -0.2) is 4.98 Å². The third-order valence-corrected chi connectivity index (χ3v) is 5.53. The first kappa shape index (κ1) is 17.3. The summed E-state index contributed by atoms with van der Waals surface area (Å²) in [6, 6.07) is -0.516. The number of rotatable bonds is 3. The molecule has 1 aliphatic rings. The maximum absolute atomic E-state index is 12.6. The molecule has 124 valence electrons. The Morgan fingerprint density at radius 2 is 2.00 bits per heavy atom. The van der Waals surface area contributed by atoms with Crippen LogP contribution in [0.3, 0.4) is 0 Å². The fraction of sp³-hybridized carbons (Fsp3) is 0.750. The van der Waals surface area contributed by atoms with E-state index in [9.17, 15) is 4.79 Å². The summed E-state index contributed by atoms with van der Waals surface area (Å²) in [6.45, 7) is 11.4. The van der Waals surface area contributed by atoms with Gasteiger partial charge in [-0.05, 0) is 20.1 Å². The number of thioether (sulfide) groups is 1. The summed E-state index contributed by atoms with van der Waals surface area (Å²) in [6.07, 6.45) is 2.69. The molecule has 0 spiro atoms. The van der Waals surface area contributed by atoms with Gasteiger partial charge in [0.1, 0.15) is 11.5 Å². The highest BCUT2D eigenvalue weighted by Gasteiger charge is 2.36. The Hall–Kier alpha value is -1.01. The molecule has 0 unspecified atom stereocenters. The van der Waals surface area contributed by atoms with Crippen molar-refractivity contribution in [2.45, 2.75) is 63.8 Å². The fourth-order valence-electron chi connectivity index (χ4n) is 2.33. The molecule has 0 aromatic carbocycles. The van der Waals surface area contributed by atoms with Crippen molar-refractivity contribution in [3.63, 3.8) is 0 Å². The van der Waals surface area contributed by atoms with E-state index in [-0.39, 0.29) is 16.1 Å². The number of aromatic nitrogens is 1. The Labute approximate surface area is 137 Å². The van der Waals surface area contributed by atoms with Crippen LogP contribution in [0.4, 0.5) is 0 Å². The molecule has 0 fully saturated rings. The van der Waals surface area contributed by atoms with Crippen LogP contribution in [0.1, 0.15) is 52.0 Å². The molecule has 1 atom stereocenters. The predicted octanol–water partition coefficient (Wildman–Crippen LogP) is 2.33. The lowest BCUT2D eigenvalue weighted by Gasteiger charge is -2.34. The first-order valence-corrected chi connectivity index (χ1v) is 8.87. The molecule has 2 heterocycles. The molecule has 22 heavy (non-hydrogen) atoms. The van der Waals surface area contributed by atoms with Gasteiger partial charge in [0.2, 0.25) is 5.91 Å². The molecular formula is C16H27N3O2S. The van der Waals surface area contributed by atoms with E-state index in [0.29, 0.717) is 19.5 Å². The van der Waals surface area contributed by atoms with Crippen LogP contribution < -0.4 is 5.73 Å². The number of nitrogens with two attached hydrogens (primary N) is 1. The third kappa shape index (κ3) is 3.33. The number of oxazole rings is 1. The number of hydrogen-bond donors (Lipinski definition) is 1. The van der Waals surface area contributed by atoms with E-state index in [4.69, 9.17) is 10.2 Å².